The Morgan fingerprint density at radius 2 is 2.12 bits per heavy atom. The van der Waals surface area contributed by atoms with Gasteiger partial charge in [0, 0.05) is 12.6 Å². The minimum atomic E-state index is -0.690. The second-order valence-corrected chi connectivity index (χ2v) is 5.10. The predicted molar refractivity (Wildman–Crippen MR) is 61.6 cm³/mol. The lowest BCUT2D eigenvalue weighted by Gasteiger charge is -2.22. The average molecular weight is 227 g/mol. The first kappa shape index (κ1) is 13.0. The second kappa shape index (κ2) is 4.82. The first-order chi connectivity index (χ1) is 7.34. The van der Waals surface area contributed by atoms with Crippen LogP contribution in [0.1, 0.15) is 27.2 Å². The van der Waals surface area contributed by atoms with Crippen molar-refractivity contribution in [3.63, 3.8) is 0 Å². The van der Waals surface area contributed by atoms with Crippen LogP contribution in [0.5, 0.6) is 0 Å². The van der Waals surface area contributed by atoms with E-state index >= 15 is 0 Å². The van der Waals surface area contributed by atoms with Crippen molar-refractivity contribution in [2.24, 2.45) is 17.1 Å². The van der Waals surface area contributed by atoms with Gasteiger partial charge < -0.3 is 16.4 Å². The van der Waals surface area contributed by atoms with Gasteiger partial charge in [-0.3, -0.25) is 9.59 Å². The normalized spacial score (nSPS) is 25.4. The zero-order chi connectivity index (χ0) is 12.3. The molecular formula is C11H21N3O2. The molecule has 92 valence electrons. The molecule has 1 rings (SSSR count). The highest BCUT2D eigenvalue weighted by Gasteiger charge is 2.31. The van der Waals surface area contributed by atoms with E-state index in [4.69, 9.17) is 5.73 Å². The molecule has 2 amide bonds. The Morgan fingerprint density at radius 1 is 1.50 bits per heavy atom. The van der Waals surface area contributed by atoms with Crippen molar-refractivity contribution in [2.45, 2.75) is 33.2 Å². The topological polar surface area (TPSA) is 84.2 Å². The number of nitrogens with two attached hydrogens (primary N) is 1. The Balaban J connectivity index is 2.44. The van der Waals surface area contributed by atoms with Crippen LogP contribution < -0.4 is 16.4 Å². The molecule has 1 fully saturated rings. The molecule has 0 aromatic heterocycles. The number of amides is 2. The summed E-state index contributed by atoms with van der Waals surface area (Å²) in [6.07, 6.45) is 0.851. The lowest BCUT2D eigenvalue weighted by molar-refractivity contribution is -0.128. The van der Waals surface area contributed by atoms with E-state index in [1.54, 1.807) is 13.8 Å². The van der Waals surface area contributed by atoms with Crippen LogP contribution in [-0.2, 0) is 9.59 Å². The van der Waals surface area contributed by atoms with Crippen LogP contribution in [0.3, 0.4) is 0 Å². The Kier molecular flexibility index (Phi) is 3.91. The number of primary amides is 1. The summed E-state index contributed by atoms with van der Waals surface area (Å²) in [4.78, 5) is 22.9. The molecule has 1 aliphatic heterocycles. The number of rotatable bonds is 4. The third-order valence-electron chi connectivity index (χ3n) is 3.23. The van der Waals surface area contributed by atoms with Gasteiger partial charge in [0.15, 0.2) is 0 Å². The molecule has 1 aliphatic rings. The first-order valence-electron chi connectivity index (χ1n) is 5.65. The zero-order valence-corrected chi connectivity index (χ0v) is 10.2. The van der Waals surface area contributed by atoms with E-state index in [1.165, 1.54) is 0 Å². The van der Waals surface area contributed by atoms with Gasteiger partial charge in [-0.2, -0.15) is 0 Å². The van der Waals surface area contributed by atoms with Crippen molar-refractivity contribution >= 4 is 11.8 Å². The summed E-state index contributed by atoms with van der Waals surface area (Å²) in [5, 5.41) is 6.01. The quantitative estimate of drug-likeness (QED) is 0.611. The molecule has 0 saturated carbocycles. The highest BCUT2D eigenvalue weighted by Crippen LogP contribution is 2.17. The van der Waals surface area contributed by atoms with Gasteiger partial charge in [0.2, 0.25) is 11.8 Å². The van der Waals surface area contributed by atoms with E-state index in [0.29, 0.717) is 6.54 Å². The average Bonchev–Trinajstić information content (AvgIpc) is 2.61. The number of nitrogens with one attached hydrogen (secondary N) is 2. The molecule has 1 heterocycles. The standard InChI is InChI=1S/C11H21N3O2/c1-7-8(4-5-13-7)9(15)14-6-11(2,3)10(12)16/h7-8,13H,4-6H2,1-3H3,(H2,12,16)(H,14,15). The maximum atomic E-state index is 11.8. The zero-order valence-electron chi connectivity index (χ0n) is 10.2. The van der Waals surface area contributed by atoms with E-state index in [9.17, 15) is 9.59 Å². The van der Waals surface area contributed by atoms with E-state index in [2.05, 4.69) is 10.6 Å². The number of carbonyl (C=O) groups excluding carboxylic acids is 2. The number of hydrogen-bond acceptors (Lipinski definition) is 3. The van der Waals surface area contributed by atoms with Crippen LogP contribution in [0.2, 0.25) is 0 Å². The monoisotopic (exact) mass is 227 g/mol. The first-order valence-corrected chi connectivity index (χ1v) is 5.65. The Bertz CT molecular complexity index is 289. The van der Waals surface area contributed by atoms with E-state index < -0.39 is 11.3 Å². The predicted octanol–water partition coefficient (Wildman–Crippen LogP) is -0.388. The third-order valence-corrected chi connectivity index (χ3v) is 3.23. The summed E-state index contributed by atoms with van der Waals surface area (Å²) in [7, 11) is 0. The van der Waals surface area contributed by atoms with Gasteiger partial charge in [-0.25, -0.2) is 0 Å². The van der Waals surface area contributed by atoms with E-state index in [-0.39, 0.29) is 17.9 Å². The minimum Gasteiger partial charge on any atom is -0.369 e. The highest BCUT2D eigenvalue weighted by atomic mass is 16.2. The van der Waals surface area contributed by atoms with Crippen LogP contribution in [-0.4, -0.2) is 30.9 Å². The molecule has 1 saturated heterocycles. The molecule has 16 heavy (non-hydrogen) atoms. The molecule has 5 heteroatoms. The van der Waals surface area contributed by atoms with Crippen molar-refractivity contribution in [3.8, 4) is 0 Å². The fraction of sp³-hybridized carbons (Fsp3) is 0.818. The summed E-state index contributed by atoms with van der Waals surface area (Å²) in [5.41, 5.74) is 4.55. The van der Waals surface area contributed by atoms with Crippen molar-refractivity contribution < 1.29 is 9.59 Å². The molecule has 2 atom stereocenters. The van der Waals surface area contributed by atoms with Crippen LogP contribution in [0.25, 0.3) is 0 Å². The molecule has 0 aliphatic carbocycles. The number of hydrogen-bond donors (Lipinski definition) is 3. The van der Waals surface area contributed by atoms with Gasteiger partial charge in [-0.15, -0.1) is 0 Å². The van der Waals surface area contributed by atoms with Gasteiger partial charge in [-0.05, 0) is 33.7 Å². The molecule has 0 bridgehead atoms. The molecule has 4 N–H and O–H groups in total. The Morgan fingerprint density at radius 3 is 2.56 bits per heavy atom. The summed E-state index contributed by atoms with van der Waals surface area (Å²) in [6.45, 7) is 6.62. The Hall–Kier alpha value is -1.10. The smallest absolute Gasteiger partial charge is 0.224 e. The maximum Gasteiger partial charge on any atom is 0.224 e. The van der Waals surface area contributed by atoms with E-state index in [0.717, 1.165) is 13.0 Å². The van der Waals surface area contributed by atoms with Crippen molar-refractivity contribution in [1.29, 1.82) is 0 Å². The molecule has 5 nitrogen and oxygen atoms in total. The van der Waals surface area contributed by atoms with Crippen LogP contribution in [0, 0.1) is 11.3 Å². The molecule has 2 unspecified atom stereocenters. The lowest BCUT2D eigenvalue weighted by Crippen LogP contribution is -2.45. The molecule has 0 aromatic rings. The van der Waals surface area contributed by atoms with Crippen LogP contribution in [0.4, 0.5) is 0 Å². The second-order valence-electron chi connectivity index (χ2n) is 5.10. The highest BCUT2D eigenvalue weighted by molar-refractivity contribution is 5.83. The SMILES string of the molecule is CC1NCCC1C(=O)NCC(C)(C)C(N)=O. The largest absolute Gasteiger partial charge is 0.369 e. The van der Waals surface area contributed by atoms with E-state index in [1.807, 2.05) is 6.92 Å². The molecular weight excluding hydrogens is 206 g/mol. The number of carbonyl (C=O) groups is 2. The van der Waals surface area contributed by atoms with Gasteiger partial charge in [0.05, 0.1) is 11.3 Å². The van der Waals surface area contributed by atoms with Crippen molar-refractivity contribution in [1.82, 2.24) is 10.6 Å². The minimum absolute atomic E-state index is 0.00340. The summed E-state index contributed by atoms with van der Waals surface area (Å²) < 4.78 is 0. The summed E-state index contributed by atoms with van der Waals surface area (Å²) in [6, 6.07) is 0.205. The summed E-state index contributed by atoms with van der Waals surface area (Å²) >= 11 is 0. The van der Waals surface area contributed by atoms with Crippen molar-refractivity contribution in [3.05, 3.63) is 0 Å². The molecule has 0 aromatic carbocycles. The van der Waals surface area contributed by atoms with Gasteiger partial charge in [0.25, 0.3) is 0 Å². The summed E-state index contributed by atoms with van der Waals surface area (Å²) in [5.74, 6) is -0.388. The van der Waals surface area contributed by atoms with Gasteiger partial charge >= 0.3 is 0 Å². The van der Waals surface area contributed by atoms with Gasteiger partial charge in [0.1, 0.15) is 0 Å². The van der Waals surface area contributed by atoms with Crippen LogP contribution >= 0.6 is 0 Å². The van der Waals surface area contributed by atoms with Crippen LogP contribution in [0.15, 0.2) is 0 Å². The molecule has 0 spiro atoms. The van der Waals surface area contributed by atoms with Gasteiger partial charge in [-0.1, -0.05) is 0 Å². The fourth-order valence-electron chi connectivity index (χ4n) is 1.74. The maximum absolute atomic E-state index is 11.8. The third kappa shape index (κ3) is 2.95. The Labute approximate surface area is 96.1 Å². The lowest BCUT2D eigenvalue weighted by atomic mass is 9.92. The van der Waals surface area contributed by atoms with Crippen molar-refractivity contribution in [2.75, 3.05) is 13.1 Å². The fourth-order valence-corrected chi connectivity index (χ4v) is 1.74. The molecule has 0 radical (unpaired) electrons.